The lowest BCUT2D eigenvalue weighted by Gasteiger charge is -2.15. The maximum atomic E-state index is 12.3. The zero-order chi connectivity index (χ0) is 16.7. The SMILES string of the molecule is Cl.O=C(CCc1ccccc1OC(F)(F)F)NCC1=CCNCC1. The molecule has 1 heterocycles. The van der Waals surface area contributed by atoms with E-state index in [2.05, 4.69) is 15.4 Å². The van der Waals surface area contributed by atoms with E-state index in [4.69, 9.17) is 0 Å². The number of ether oxygens (including phenoxy) is 1. The predicted molar refractivity (Wildman–Crippen MR) is 87.3 cm³/mol. The Morgan fingerprint density at radius 2 is 2.04 bits per heavy atom. The van der Waals surface area contributed by atoms with Gasteiger partial charge < -0.3 is 15.4 Å². The largest absolute Gasteiger partial charge is 0.573 e. The van der Waals surface area contributed by atoms with Crippen molar-refractivity contribution in [2.24, 2.45) is 0 Å². The van der Waals surface area contributed by atoms with Gasteiger partial charge in [0.25, 0.3) is 0 Å². The number of rotatable bonds is 6. The van der Waals surface area contributed by atoms with Gasteiger partial charge in [0.1, 0.15) is 5.75 Å². The van der Waals surface area contributed by atoms with E-state index in [1.807, 2.05) is 6.08 Å². The molecule has 1 aliphatic rings. The van der Waals surface area contributed by atoms with Crippen LogP contribution in [0.4, 0.5) is 13.2 Å². The summed E-state index contributed by atoms with van der Waals surface area (Å²) in [5, 5.41) is 5.97. The van der Waals surface area contributed by atoms with Gasteiger partial charge in [0, 0.05) is 19.5 Å². The molecule has 0 unspecified atom stereocenters. The van der Waals surface area contributed by atoms with Crippen LogP contribution in [0.1, 0.15) is 18.4 Å². The number of hydrogen-bond acceptors (Lipinski definition) is 3. The number of carbonyl (C=O) groups is 1. The fourth-order valence-electron chi connectivity index (χ4n) is 2.31. The standard InChI is InChI=1S/C16H19F3N2O2.ClH/c17-16(18,19)23-14-4-2-1-3-13(14)5-6-15(22)21-11-12-7-9-20-10-8-12;/h1-4,7,20H,5-6,8-11H2,(H,21,22);1H. The maximum absolute atomic E-state index is 12.3. The van der Waals surface area contributed by atoms with Crippen LogP contribution < -0.4 is 15.4 Å². The van der Waals surface area contributed by atoms with Crippen LogP contribution in [0.25, 0.3) is 0 Å². The molecule has 0 aromatic heterocycles. The molecular formula is C16H20ClF3N2O2. The smallest absolute Gasteiger partial charge is 0.406 e. The minimum Gasteiger partial charge on any atom is -0.406 e. The van der Waals surface area contributed by atoms with Crippen LogP contribution >= 0.6 is 12.4 Å². The van der Waals surface area contributed by atoms with Crippen molar-refractivity contribution in [3.05, 3.63) is 41.5 Å². The Hall–Kier alpha value is -1.73. The summed E-state index contributed by atoms with van der Waals surface area (Å²) in [5.41, 5.74) is 1.53. The highest BCUT2D eigenvalue weighted by atomic mass is 35.5. The summed E-state index contributed by atoms with van der Waals surface area (Å²) in [7, 11) is 0. The Bertz CT molecular complexity index is 577. The van der Waals surface area contributed by atoms with Gasteiger partial charge in [0.2, 0.25) is 5.91 Å². The third-order valence-corrected chi connectivity index (χ3v) is 3.49. The van der Waals surface area contributed by atoms with Crippen LogP contribution in [0.5, 0.6) is 5.75 Å². The number of carbonyl (C=O) groups excluding carboxylic acids is 1. The second kappa shape index (κ2) is 9.54. The maximum Gasteiger partial charge on any atom is 0.573 e. The van der Waals surface area contributed by atoms with Gasteiger partial charge in [0.05, 0.1) is 0 Å². The van der Waals surface area contributed by atoms with Crippen molar-refractivity contribution < 1.29 is 22.7 Å². The van der Waals surface area contributed by atoms with Crippen LogP contribution in [0.2, 0.25) is 0 Å². The van der Waals surface area contributed by atoms with Crippen LogP contribution in [0.15, 0.2) is 35.9 Å². The Labute approximate surface area is 144 Å². The van der Waals surface area contributed by atoms with Crippen molar-refractivity contribution in [1.29, 1.82) is 0 Å². The third kappa shape index (κ3) is 7.23. The van der Waals surface area contributed by atoms with E-state index >= 15 is 0 Å². The van der Waals surface area contributed by atoms with Crippen molar-refractivity contribution in [3.63, 3.8) is 0 Å². The first-order valence-electron chi connectivity index (χ1n) is 7.43. The van der Waals surface area contributed by atoms with Crippen molar-refractivity contribution >= 4 is 18.3 Å². The third-order valence-electron chi connectivity index (χ3n) is 3.49. The van der Waals surface area contributed by atoms with Crippen LogP contribution in [-0.2, 0) is 11.2 Å². The number of para-hydroxylation sites is 1. The number of aryl methyl sites for hydroxylation is 1. The van der Waals surface area contributed by atoms with E-state index in [9.17, 15) is 18.0 Å². The second-order valence-corrected chi connectivity index (χ2v) is 5.25. The normalized spacial score (nSPS) is 14.4. The fourth-order valence-corrected chi connectivity index (χ4v) is 2.31. The molecule has 0 fully saturated rings. The molecule has 2 rings (SSSR count). The molecule has 0 atom stereocenters. The first-order valence-corrected chi connectivity index (χ1v) is 7.43. The molecule has 0 saturated carbocycles. The van der Waals surface area contributed by atoms with Gasteiger partial charge >= 0.3 is 6.36 Å². The molecule has 1 amide bonds. The van der Waals surface area contributed by atoms with E-state index in [-0.39, 0.29) is 36.9 Å². The van der Waals surface area contributed by atoms with E-state index in [0.29, 0.717) is 12.1 Å². The Morgan fingerprint density at radius 1 is 1.29 bits per heavy atom. The molecule has 4 nitrogen and oxygen atoms in total. The first kappa shape index (κ1) is 20.3. The lowest BCUT2D eigenvalue weighted by atomic mass is 10.1. The Balaban J connectivity index is 0.00000288. The second-order valence-electron chi connectivity index (χ2n) is 5.25. The molecule has 0 saturated heterocycles. The molecule has 8 heteroatoms. The van der Waals surface area contributed by atoms with Gasteiger partial charge in [-0.05, 0) is 31.0 Å². The van der Waals surface area contributed by atoms with Crippen molar-refractivity contribution in [1.82, 2.24) is 10.6 Å². The van der Waals surface area contributed by atoms with Crippen molar-refractivity contribution in [2.45, 2.75) is 25.6 Å². The molecule has 1 aromatic rings. The van der Waals surface area contributed by atoms with Crippen LogP contribution in [0.3, 0.4) is 0 Å². The Morgan fingerprint density at radius 3 is 2.71 bits per heavy atom. The summed E-state index contributed by atoms with van der Waals surface area (Å²) in [4.78, 5) is 11.8. The summed E-state index contributed by atoms with van der Waals surface area (Å²) in [6, 6.07) is 5.87. The first-order chi connectivity index (χ1) is 10.9. The van der Waals surface area contributed by atoms with E-state index in [1.54, 1.807) is 6.07 Å². The molecule has 0 bridgehead atoms. The minimum atomic E-state index is -4.74. The summed E-state index contributed by atoms with van der Waals surface area (Å²) in [6.45, 7) is 2.18. The zero-order valence-electron chi connectivity index (χ0n) is 13.0. The van der Waals surface area contributed by atoms with Gasteiger partial charge in [-0.25, -0.2) is 0 Å². The quantitative estimate of drug-likeness (QED) is 0.763. The average molecular weight is 365 g/mol. The van der Waals surface area contributed by atoms with Gasteiger partial charge in [-0.15, -0.1) is 25.6 Å². The molecule has 24 heavy (non-hydrogen) atoms. The monoisotopic (exact) mass is 364 g/mol. The average Bonchev–Trinajstić information content (AvgIpc) is 2.51. The summed E-state index contributed by atoms with van der Waals surface area (Å²) in [6.07, 6.45) is -1.50. The van der Waals surface area contributed by atoms with E-state index in [1.165, 1.54) is 18.2 Å². The number of benzene rings is 1. The molecule has 0 radical (unpaired) electrons. The highest BCUT2D eigenvalue weighted by molar-refractivity contribution is 5.85. The van der Waals surface area contributed by atoms with Gasteiger partial charge in [-0.1, -0.05) is 29.8 Å². The Kier molecular flexibility index (Phi) is 8.07. The molecule has 0 aliphatic carbocycles. The molecule has 134 valence electrons. The summed E-state index contributed by atoms with van der Waals surface area (Å²) < 4.78 is 41.0. The highest BCUT2D eigenvalue weighted by Crippen LogP contribution is 2.26. The predicted octanol–water partition coefficient (Wildman–Crippen LogP) is 2.98. The summed E-state index contributed by atoms with van der Waals surface area (Å²) >= 11 is 0. The topological polar surface area (TPSA) is 50.4 Å². The number of nitrogens with one attached hydrogen (secondary N) is 2. The lowest BCUT2D eigenvalue weighted by molar-refractivity contribution is -0.274. The van der Waals surface area contributed by atoms with E-state index < -0.39 is 6.36 Å². The highest BCUT2D eigenvalue weighted by Gasteiger charge is 2.31. The van der Waals surface area contributed by atoms with Gasteiger partial charge in [0.15, 0.2) is 0 Å². The fraction of sp³-hybridized carbons (Fsp3) is 0.438. The van der Waals surface area contributed by atoms with Gasteiger partial charge in [-0.3, -0.25) is 4.79 Å². The number of amides is 1. The lowest BCUT2D eigenvalue weighted by Crippen LogP contribution is -2.29. The minimum absolute atomic E-state index is 0. The molecular weight excluding hydrogens is 345 g/mol. The number of halogens is 4. The molecule has 1 aromatic carbocycles. The zero-order valence-corrected chi connectivity index (χ0v) is 13.8. The molecule has 2 N–H and O–H groups in total. The van der Waals surface area contributed by atoms with Crippen molar-refractivity contribution in [2.75, 3.05) is 19.6 Å². The van der Waals surface area contributed by atoms with Gasteiger partial charge in [-0.2, -0.15) is 0 Å². The van der Waals surface area contributed by atoms with Crippen molar-refractivity contribution in [3.8, 4) is 5.75 Å². The summed E-state index contributed by atoms with van der Waals surface area (Å²) in [5.74, 6) is -0.444. The van der Waals surface area contributed by atoms with Crippen LogP contribution in [0, 0.1) is 0 Å². The van der Waals surface area contributed by atoms with E-state index in [0.717, 1.165) is 25.1 Å². The number of hydrogen-bond donors (Lipinski definition) is 2. The molecule has 0 spiro atoms. The molecule has 1 aliphatic heterocycles. The van der Waals surface area contributed by atoms with Crippen LogP contribution in [-0.4, -0.2) is 31.9 Å². The number of alkyl halides is 3.